The van der Waals surface area contributed by atoms with Crippen LogP contribution in [0.2, 0.25) is 0 Å². The van der Waals surface area contributed by atoms with E-state index >= 15 is 0 Å². The molecule has 0 spiro atoms. The van der Waals surface area contributed by atoms with Gasteiger partial charge >= 0.3 is 0 Å². The number of nitrogens with zero attached hydrogens (tertiary/aromatic N) is 3. The van der Waals surface area contributed by atoms with E-state index in [9.17, 15) is 8.42 Å². The van der Waals surface area contributed by atoms with E-state index in [0.29, 0.717) is 19.5 Å². The first-order valence-corrected chi connectivity index (χ1v) is 8.91. The molecule has 1 aromatic rings. The summed E-state index contributed by atoms with van der Waals surface area (Å²) in [5, 5.41) is 8.06. The highest BCUT2D eigenvalue weighted by molar-refractivity contribution is 7.85. The van der Waals surface area contributed by atoms with Crippen LogP contribution in [-0.4, -0.2) is 31.2 Å². The number of azo groups is 1. The van der Waals surface area contributed by atoms with Crippen molar-refractivity contribution >= 4 is 16.0 Å². The zero-order chi connectivity index (χ0) is 16.1. The van der Waals surface area contributed by atoms with Crippen LogP contribution in [0.4, 0.5) is 0 Å². The number of unbranched alkanes of at least 4 members (excludes halogenated alkanes) is 1. The molecule has 0 aromatic heterocycles. The third-order valence-corrected chi connectivity index (χ3v) is 4.61. The van der Waals surface area contributed by atoms with Gasteiger partial charge < -0.3 is 0 Å². The lowest BCUT2D eigenvalue weighted by Crippen LogP contribution is -2.28. The van der Waals surface area contributed by atoms with Gasteiger partial charge in [0.15, 0.2) is 12.5 Å². The Bertz CT molecular complexity index is 656. The number of amidine groups is 1. The van der Waals surface area contributed by atoms with Gasteiger partial charge in [-0.3, -0.25) is 4.55 Å². The van der Waals surface area contributed by atoms with Crippen LogP contribution in [0.1, 0.15) is 31.7 Å². The zero-order valence-corrected chi connectivity index (χ0v) is 13.5. The first-order valence-electron chi connectivity index (χ1n) is 7.31. The maximum Gasteiger partial charge on any atom is 0.264 e. The molecule has 0 aliphatic carbocycles. The molecule has 2 rings (SSSR count). The van der Waals surface area contributed by atoms with Crippen LogP contribution < -0.4 is 0 Å². The van der Waals surface area contributed by atoms with Gasteiger partial charge in [0.25, 0.3) is 10.1 Å². The Morgan fingerprint density at radius 2 is 1.95 bits per heavy atom. The van der Waals surface area contributed by atoms with Crippen LogP contribution in [0.25, 0.3) is 0 Å². The van der Waals surface area contributed by atoms with Gasteiger partial charge in [-0.2, -0.15) is 13.5 Å². The van der Waals surface area contributed by atoms with Gasteiger partial charge in [-0.05, 0) is 24.8 Å². The first kappa shape index (κ1) is 16.8. The number of hydrogen-bond donors (Lipinski definition) is 1. The van der Waals surface area contributed by atoms with Crippen molar-refractivity contribution in [1.82, 2.24) is 0 Å². The smallest absolute Gasteiger partial charge is 0.264 e. The summed E-state index contributed by atoms with van der Waals surface area (Å²) >= 11 is 0. The number of aliphatic imine (C=N–C) groups is 1. The molecule has 1 heterocycles. The van der Waals surface area contributed by atoms with Crippen molar-refractivity contribution in [2.75, 3.05) is 12.4 Å². The lowest BCUT2D eigenvalue weighted by atomic mass is 9.78. The molecule has 0 saturated heterocycles. The third kappa shape index (κ3) is 4.99. The van der Waals surface area contributed by atoms with Gasteiger partial charge in [-0.25, -0.2) is 4.99 Å². The van der Waals surface area contributed by atoms with Crippen LogP contribution >= 0.6 is 0 Å². The van der Waals surface area contributed by atoms with Crippen molar-refractivity contribution < 1.29 is 13.0 Å². The Kier molecular flexibility index (Phi) is 5.42. The highest BCUT2D eigenvalue weighted by Gasteiger charge is 2.32. The molecule has 0 saturated carbocycles. The van der Waals surface area contributed by atoms with E-state index in [2.05, 4.69) is 34.3 Å². The maximum absolute atomic E-state index is 10.8. The molecule has 0 bridgehead atoms. The lowest BCUT2D eigenvalue weighted by Gasteiger charge is -2.27. The largest absolute Gasteiger partial charge is 0.286 e. The predicted octanol–water partition coefficient (Wildman–Crippen LogP) is 3.12. The molecule has 1 N–H and O–H groups in total. The summed E-state index contributed by atoms with van der Waals surface area (Å²) in [6.07, 6.45) is 2.62. The summed E-state index contributed by atoms with van der Waals surface area (Å²) in [6.45, 7) is 2.45. The fraction of sp³-hybridized carbons (Fsp3) is 0.533. The van der Waals surface area contributed by atoms with Crippen molar-refractivity contribution in [2.45, 2.75) is 32.6 Å². The van der Waals surface area contributed by atoms with E-state index in [1.807, 2.05) is 18.2 Å². The van der Waals surface area contributed by atoms with Crippen molar-refractivity contribution in [3.05, 3.63) is 35.9 Å². The topological polar surface area (TPSA) is 91.5 Å². The quantitative estimate of drug-likeness (QED) is 0.588. The fourth-order valence-electron chi connectivity index (χ4n) is 2.67. The van der Waals surface area contributed by atoms with Crippen molar-refractivity contribution in [2.24, 2.45) is 20.6 Å². The number of benzene rings is 1. The number of hydrogen-bond acceptors (Lipinski definition) is 5. The second-order valence-electron chi connectivity index (χ2n) is 5.83. The predicted molar refractivity (Wildman–Crippen MR) is 85.7 cm³/mol. The van der Waals surface area contributed by atoms with E-state index in [1.165, 1.54) is 5.56 Å². The van der Waals surface area contributed by atoms with Gasteiger partial charge in [0, 0.05) is 5.41 Å². The Morgan fingerprint density at radius 1 is 1.23 bits per heavy atom. The van der Waals surface area contributed by atoms with Gasteiger partial charge in [-0.15, -0.1) is 5.11 Å². The maximum atomic E-state index is 10.8. The molecule has 1 atom stereocenters. The second kappa shape index (κ2) is 7.11. The zero-order valence-electron chi connectivity index (χ0n) is 12.6. The normalized spacial score (nSPS) is 17.3. The van der Waals surface area contributed by atoms with Crippen LogP contribution in [0.3, 0.4) is 0 Å². The molecular formula is C15H21N3O3S. The lowest BCUT2D eigenvalue weighted by molar-refractivity contribution is 0.402. The average Bonchev–Trinajstić information content (AvgIpc) is 2.99. The molecule has 0 fully saturated rings. The van der Waals surface area contributed by atoms with Gasteiger partial charge in [0.2, 0.25) is 0 Å². The van der Waals surface area contributed by atoms with Crippen molar-refractivity contribution in [3.8, 4) is 0 Å². The first-order chi connectivity index (χ1) is 10.4. The third-order valence-electron chi connectivity index (χ3n) is 3.81. The van der Waals surface area contributed by atoms with Crippen LogP contribution in [0, 0.1) is 5.41 Å². The molecule has 0 radical (unpaired) electrons. The van der Waals surface area contributed by atoms with E-state index in [4.69, 9.17) is 4.55 Å². The Balaban J connectivity index is 2.04. The Labute approximate surface area is 131 Å². The Morgan fingerprint density at radius 3 is 2.55 bits per heavy atom. The molecule has 120 valence electrons. The summed E-state index contributed by atoms with van der Waals surface area (Å²) in [4.78, 5) is 4.35. The highest BCUT2D eigenvalue weighted by atomic mass is 32.2. The highest BCUT2D eigenvalue weighted by Crippen LogP contribution is 2.33. The molecule has 22 heavy (non-hydrogen) atoms. The van der Waals surface area contributed by atoms with E-state index in [0.717, 1.165) is 18.7 Å². The van der Waals surface area contributed by atoms with Crippen molar-refractivity contribution in [1.29, 1.82) is 0 Å². The van der Waals surface area contributed by atoms with Gasteiger partial charge in [-0.1, -0.05) is 43.7 Å². The second-order valence-corrected chi connectivity index (χ2v) is 7.40. The minimum Gasteiger partial charge on any atom is -0.286 e. The molecule has 1 aromatic carbocycles. The number of rotatable bonds is 8. The monoisotopic (exact) mass is 323 g/mol. The van der Waals surface area contributed by atoms with Crippen LogP contribution in [0.15, 0.2) is 45.6 Å². The molecule has 7 heteroatoms. The van der Waals surface area contributed by atoms with Crippen LogP contribution in [0.5, 0.6) is 0 Å². The standard InChI is InChI=1S/C15H21N3O3S/c1-15(14-16-12-17-18-14,9-5-6-10-22(19,20)21)11-13-7-3-2-4-8-13/h2-4,7-8H,5-6,9-12H2,1H3,(H,19,20,21). The summed E-state index contributed by atoms with van der Waals surface area (Å²) in [6, 6.07) is 10.1. The summed E-state index contributed by atoms with van der Waals surface area (Å²) in [5.74, 6) is 0.519. The summed E-state index contributed by atoms with van der Waals surface area (Å²) < 4.78 is 30.4. The van der Waals surface area contributed by atoms with Crippen LogP contribution in [-0.2, 0) is 16.5 Å². The minimum absolute atomic E-state index is 0.206. The van der Waals surface area contributed by atoms with E-state index in [-0.39, 0.29) is 11.2 Å². The average molecular weight is 323 g/mol. The fourth-order valence-corrected chi connectivity index (χ4v) is 3.23. The van der Waals surface area contributed by atoms with Crippen molar-refractivity contribution in [3.63, 3.8) is 0 Å². The van der Waals surface area contributed by atoms with Gasteiger partial charge in [0.1, 0.15) is 0 Å². The van der Waals surface area contributed by atoms with Gasteiger partial charge in [0.05, 0.1) is 5.75 Å². The molecule has 1 aliphatic heterocycles. The molecule has 0 amide bonds. The molecule has 1 aliphatic rings. The SMILES string of the molecule is CC(CCCCS(=O)(=O)O)(Cc1ccccc1)C1=NCN=N1. The van der Waals surface area contributed by atoms with E-state index in [1.54, 1.807) is 0 Å². The summed E-state index contributed by atoms with van der Waals surface area (Å²) in [7, 11) is -3.89. The Hall–Kier alpha value is -1.60. The molecular weight excluding hydrogens is 302 g/mol. The summed E-state index contributed by atoms with van der Waals surface area (Å²) in [5.41, 5.74) is 0.908. The molecule has 1 unspecified atom stereocenters. The molecule has 6 nitrogen and oxygen atoms in total. The van der Waals surface area contributed by atoms with E-state index < -0.39 is 10.1 Å². The minimum atomic E-state index is -3.89.